The number of carbonyl (C=O) groups excluding carboxylic acids is 2. The van der Waals surface area contributed by atoms with E-state index in [1.54, 1.807) is 24.3 Å². The van der Waals surface area contributed by atoms with E-state index in [4.69, 9.17) is 4.74 Å². The van der Waals surface area contributed by atoms with Crippen molar-refractivity contribution in [2.75, 3.05) is 6.61 Å². The SMILES string of the molecule is CC(C)CC(NC(=O)c1ccccc1)C(=O)NC(C#N)COCc1ccccc1. The number of nitrogens with one attached hydrogen (secondary N) is 2. The van der Waals surface area contributed by atoms with Gasteiger partial charge in [0, 0.05) is 5.56 Å². The minimum Gasteiger partial charge on any atom is -0.374 e. The third-order valence-electron chi connectivity index (χ3n) is 4.23. The number of ether oxygens (including phenoxy) is 1. The van der Waals surface area contributed by atoms with Crippen LogP contribution in [0.3, 0.4) is 0 Å². The summed E-state index contributed by atoms with van der Waals surface area (Å²) in [6.45, 7) is 4.37. The molecule has 2 N–H and O–H groups in total. The van der Waals surface area contributed by atoms with Gasteiger partial charge >= 0.3 is 0 Å². The van der Waals surface area contributed by atoms with Crippen LogP contribution < -0.4 is 10.6 Å². The highest BCUT2D eigenvalue weighted by Crippen LogP contribution is 2.08. The number of hydrogen-bond donors (Lipinski definition) is 2. The minimum atomic E-state index is -0.797. The van der Waals surface area contributed by atoms with Gasteiger partial charge in [0.05, 0.1) is 19.3 Å². The van der Waals surface area contributed by atoms with E-state index in [-0.39, 0.29) is 18.4 Å². The first-order valence-corrected chi connectivity index (χ1v) is 9.67. The van der Waals surface area contributed by atoms with Crippen LogP contribution in [0.15, 0.2) is 60.7 Å². The quantitative estimate of drug-likeness (QED) is 0.649. The molecule has 0 aliphatic heterocycles. The van der Waals surface area contributed by atoms with Crippen LogP contribution in [-0.4, -0.2) is 30.5 Å². The molecule has 0 aliphatic carbocycles. The van der Waals surface area contributed by atoms with E-state index < -0.39 is 18.0 Å². The first-order chi connectivity index (χ1) is 14.0. The van der Waals surface area contributed by atoms with Gasteiger partial charge in [-0.2, -0.15) is 5.26 Å². The fourth-order valence-corrected chi connectivity index (χ4v) is 2.79. The van der Waals surface area contributed by atoms with Crippen molar-refractivity contribution in [1.82, 2.24) is 10.6 Å². The van der Waals surface area contributed by atoms with Gasteiger partial charge in [-0.25, -0.2) is 0 Å². The molecule has 0 spiro atoms. The Kier molecular flexibility index (Phi) is 8.87. The van der Waals surface area contributed by atoms with Gasteiger partial charge in [-0.1, -0.05) is 62.4 Å². The molecule has 29 heavy (non-hydrogen) atoms. The van der Waals surface area contributed by atoms with Crippen molar-refractivity contribution in [2.45, 2.75) is 39.0 Å². The number of nitrogens with zero attached hydrogens (tertiary/aromatic N) is 1. The normalized spacial score (nSPS) is 12.6. The predicted octanol–water partition coefficient (Wildman–Crippen LogP) is 3.06. The fourth-order valence-electron chi connectivity index (χ4n) is 2.79. The van der Waals surface area contributed by atoms with Gasteiger partial charge in [0.25, 0.3) is 5.91 Å². The molecule has 2 aromatic rings. The Morgan fingerprint density at radius 3 is 2.21 bits per heavy atom. The zero-order valence-electron chi connectivity index (χ0n) is 16.8. The second-order valence-corrected chi connectivity index (χ2v) is 7.21. The minimum absolute atomic E-state index is 0.0676. The first kappa shape index (κ1) is 22.1. The molecule has 0 bridgehead atoms. The second kappa shape index (κ2) is 11.6. The highest BCUT2D eigenvalue weighted by atomic mass is 16.5. The van der Waals surface area contributed by atoms with Crippen LogP contribution in [0.4, 0.5) is 0 Å². The fraction of sp³-hybridized carbons (Fsp3) is 0.348. The number of carbonyl (C=O) groups is 2. The van der Waals surface area contributed by atoms with Crippen molar-refractivity contribution in [3.05, 3.63) is 71.8 Å². The monoisotopic (exact) mass is 393 g/mol. The average molecular weight is 393 g/mol. The zero-order valence-corrected chi connectivity index (χ0v) is 16.8. The first-order valence-electron chi connectivity index (χ1n) is 9.67. The van der Waals surface area contributed by atoms with Gasteiger partial charge in [-0.3, -0.25) is 9.59 Å². The molecule has 0 saturated heterocycles. The molecule has 2 rings (SSSR count). The lowest BCUT2D eigenvalue weighted by Crippen LogP contribution is -2.50. The van der Waals surface area contributed by atoms with Crippen LogP contribution >= 0.6 is 0 Å². The predicted molar refractivity (Wildman–Crippen MR) is 111 cm³/mol. The molecule has 0 heterocycles. The molecular formula is C23H27N3O3. The lowest BCUT2D eigenvalue weighted by molar-refractivity contribution is -0.124. The van der Waals surface area contributed by atoms with Gasteiger partial charge in [0.15, 0.2) is 0 Å². The third-order valence-corrected chi connectivity index (χ3v) is 4.23. The summed E-state index contributed by atoms with van der Waals surface area (Å²) in [5.74, 6) is -0.519. The summed E-state index contributed by atoms with van der Waals surface area (Å²) in [7, 11) is 0. The largest absolute Gasteiger partial charge is 0.374 e. The molecule has 2 atom stereocenters. The average Bonchev–Trinajstić information content (AvgIpc) is 2.73. The van der Waals surface area contributed by atoms with Gasteiger partial charge in [0.2, 0.25) is 5.91 Å². The van der Waals surface area contributed by atoms with Crippen molar-refractivity contribution in [3.8, 4) is 6.07 Å². The summed E-state index contributed by atoms with van der Waals surface area (Å²) in [5, 5.41) is 14.8. The molecule has 2 aromatic carbocycles. The van der Waals surface area contributed by atoms with E-state index in [0.29, 0.717) is 18.6 Å². The second-order valence-electron chi connectivity index (χ2n) is 7.21. The molecule has 152 valence electrons. The number of hydrogen-bond acceptors (Lipinski definition) is 4. The number of rotatable bonds is 10. The van der Waals surface area contributed by atoms with E-state index in [1.165, 1.54) is 0 Å². The van der Waals surface area contributed by atoms with Crippen molar-refractivity contribution in [3.63, 3.8) is 0 Å². The van der Waals surface area contributed by atoms with Crippen molar-refractivity contribution in [2.24, 2.45) is 5.92 Å². The van der Waals surface area contributed by atoms with Crippen LogP contribution in [-0.2, 0) is 16.1 Å². The van der Waals surface area contributed by atoms with Gasteiger partial charge in [-0.15, -0.1) is 0 Å². The summed E-state index contributed by atoms with van der Waals surface area (Å²) >= 11 is 0. The Labute approximate surface area is 171 Å². The van der Waals surface area contributed by atoms with Crippen LogP contribution in [0.1, 0.15) is 36.2 Å². The Balaban J connectivity index is 1.92. The van der Waals surface area contributed by atoms with Crippen LogP contribution in [0.5, 0.6) is 0 Å². The Bertz CT molecular complexity index is 816. The molecule has 6 nitrogen and oxygen atoms in total. The summed E-state index contributed by atoms with van der Waals surface area (Å²) in [5.41, 5.74) is 1.47. The summed E-state index contributed by atoms with van der Waals surface area (Å²) in [4.78, 5) is 25.2. The Morgan fingerprint density at radius 2 is 1.62 bits per heavy atom. The Morgan fingerprint density at radius 1 is 1.00 bits per heavy atom. The number of benzene rings is 2. The van der Waals surface area contributed by atoms with Crippen molar-refractivity contribution in [1.29, 1.82) is 5.26 Å². The standard InChI is InChI=1S/C23H27N3O3/c1-17(2)13-21(26-22(27)19-11-7-4-8-12-19)23(28)25-20(14-24)16-29-15-18-9-5-3-6-10-18/h3-12,17,20-21H,13,15-16H2,1-2H3,(H,25,28)(H,26,27). The zero-order chi connectivity index (χ0) is 21.1. The smallest absolute Gasteiger partial charge is 0.251 e. The number of amides is 2. The topological polar surface area (TPSA) is 91.2 Å². The molecule has 6 heteroatoms. The van der Waals surface area contributed by atoms with E-state index in [1.807, 2.05) is 56.3 Å². The lowest BCUT2D eigenvalue weighted by atomic mass is 10.0. The lowest BCUT2D eigenvalue weighted by Gasteiger charge is -2.22. The maximum atomic E-state index is 12.7. The molecular weight excluding hydrogens is 366 g/mol. The summed E-state index contributed by atoms with van der Waals surface area (Å²) < 4.78 is 5.56. The van der Waals surface area contributed by atoms with Crippen LogP contribution in [0.25, 0.3) is 0 Å². The van der Waals surface area contributed by atoms with Gasteiger partial charge < -0.3 is 15.4 Å². The molecule has 0 aromatic heterocycles. The summed E-state index contributed by atoms with van der Waals surface area (Å²) in [6, 6.07) is 18.8. The van der Waals surface area contributed by atoms with E-state index in [9.17, 15) is 14.9 Å². The summed E-state index contributed by atoms with van der Waals surface area (Å²) in [6.07, 6.45) is 0.466. The maximum Gasteiger partial charge on any atom is 0.251 e. The van der Waals surface area contributed by atoms with Gasteiger partial charge in [-0.05, 0) is 30.0 Å². The molecule has 2 amide bonds. The third kappa shape index (κ3) is 7.76. The molecule has 0 radical (unpaired) electrons. The van der Waals surface area contributed by atoms with E-state index in [2.05, 4.69) is 10.6 Å². The molecule has 2 unspecified atom stereocenters. The van der Waals surface area contributed by atoms with Crippen molar-refractivity contribution < 1.29 is 14.3 Å². The van der Waals surface area contributed by atoms with E-state index in [0.717, 1.165) is 5.56 Å². The molecule has 0 saturated carbocycles. The highest BCUT2D eigenvalue weighted by molar-refractivity contribution is 5.97. The van der Waals surface area contributed by atoms with E-state index >= 15 is 0 Å². The molecule has 0 aliphatic rings. The Hall–Kier alpha value is -3.17. The van der Waals surface area contributed by atoms with Crippen molar-refractivity contribution >= 4 is 11.8 Å². The van der Waals surface area contributed by atoms with Crippen LogP contribution in [0.2, 0.25) is 0 Å². The maximum absolute atomic E-state index is 12.7. The highest BCUT2D eigenvalue weighted by Gasteiger charge is 2.24. The molecule has 0 fully saturated rings. The van der Waals surface area contributed by atoms with Crippen LogP contribution in [0, 0.1) is 17.2 Å². The van der Waals surface area contributed by atoms with Gasteiger partial charge in [0.1, 0.15) is 12.1 Å². The number of nitriles is 1.